The van der Waals surface area contributed by atoms with E-state index >= 15 is 0 Å². The topological polar surface area (TPSA) is 44.4 Å². The number of carbonyl (C=O) groups is 1. The van der Waals surface area contributed by atoms with Gasteiger partial charge in [0.1, 0.15) is 0 Å². The summed E-state index contributed by atoms with van der Waals surface area (Å²) in [5, 5.41) is 6.19. The van der Waals surface area contributed by atoms with Crippen molar-refractivity contribution in [1.82, 2.24) is 15.5 Å². The number of amides is 1. The molecule has 2 aliphatic rings. The lowest BCUT2D eigenvalue weighted by atomic mass is 10.1. The van der Waals surface area contributed by atoms with Crippen LogP contribution in [0, 0.1) is 5.92 Å². The van der Waals surface area contributed by atoms with Crippen molar-refractivity contribution in [3.05, 3.63) is 0 Å². The molecule has 13 heavy (non-hydrogen) atoms. The van der Waals surface area contributed by atoms with Crippen molar-refractivity contribution >= 4 is 5.91 Å². The molecule has 2 N–H and O–H groups in total. The summed E-state index contributed by atoms with van der Waals surface area (Å²) in [6.45, 7) is 3.86. The standard InChI is InChI=1S/C9H17N3O/c1-12-3-2-7(6-12)9(13)11-8-4-10-5-8/h7-8,10H,2-6H2,1H3,(H,11,13). The second-order valence-electron chi connectivity index (χ2n) is 4.11. The molecule has 4 heteroatoms. The third-order valence-electron chi connectivity index (χ3n) is 2.89. The molecular formula is C9H17N3O. The summed E-state index contributed by atoms with van der Waals surface area (Å²) < 4.78 is 0. The predicted octanol–water partition coefficient (Wildman–Crippen LogP) is -0.974. The van der Waals surface area contributed by atoms with Crippen LogP contribution < -0.4 is 10.6 Å². The van der Waals surface area contributed by atoms with Crippen molar-refractivity contribution in [1.29, 1.82) is 0 Å². The van der Waals surface area contributed by atoms with Gasteiger partial charge >= 0.3 is 0 Å². The van der Waals surface area contributed by atoms with Crippen molar-refractivity contribution in [2.75, 3.05) is 33.2 Å². The molecule has 0 aromatic rings. The Morgan fingerprint density at radius 3 is 2.77 bits per heavy atom. The summed E-state index contributed by atoms with van der Waals surface area (Å²) in [5.74, 6) is 0.474. The summed E-state index contributed by atoms with van der Waals surface area (Å²) in [4.78, 5) is 13.8. The van der Waals surface area contributed by atoms with Crippen molar-refractivity contribution in [3.63, 3.8) is 0 Å². The molecule has 1 atom stereocenters. The minimum absolute atomic E-state index is 0.227. The van der Waals surface area contributed by atoms with E-state index in [-0.39, 0.29) is 11.8 Å². The molecule has 4 nitrogen and oxygen atoms in total. The molecule has 2 rings (SSSR count). The molecule has 0 spiro atoms. The summed E-state index contributed by atoms with van der Waals surface area (Å²) in [6.07, 6.45) is 1.02. The maximum atomic E-state index is 11.6. The summed E-state index contributed by atoms with van der Waals surface area (Å²) >= 11 is 0. The van der Waals surface area contributed by atoms with Crippen LogP contribution in [0.5, 0.6) is 0 Å². The van der Waals surface area contributed by atoms with Gasteiger partial charge < -0.3 is 15.5 Å². The first-order chi connectivity index (χ1) is 6.25. The minimum Gasteiger partial charge on any atom is -0.351 e. The zero-order valence-corrected chi connectivity index (χ0v) is 8.05. The van der Waals surface area contributed by atoms with E-state index in [1.807, 2.05) is 0 Å². The molecular weight excluding hydrogens is 166 g/mol. The first kappa shape index (κ1) is 8.97. The van der Waals surface area contributed by atoms with E-state index in [1.54, 1.807) is 0 Å². The summed E-state index contributed by atoms with van der Waals surface area (Å²) in [6, 6.07) is 0.387. The second-order valence-corrected chi connectivity index (χ2v) is 4.11. The molecule has 1 amide bonds. The number of hydrogen-bond donors (Lipinski definition) is 2. The maximum Gasteiger partial charge on any atom is 0.224 e. The lowest BCUT2D eigenvalue weighted by Gasteiger charge is -2.29. The second kappa shape index (κ2) is 3.64. The Labute approximate surface area is 78.7 Å². The number of rotatable bonds is 2. The fourth-order valence-corrected chi connectivity index (χ4v) is 1.86. The first-order valence-corrected chi connectivity index (χ1v) is 4.95. The van der Waals surface area contributed by atoms with Gasteiger partial charge in [-0.25, -0.2) is 0 Å². The van der Waals surface area contributed by atoms with Crippen LogP contribution in [0.15, 0.2) is 0 Å². The summed E-state index contributed by atoms with van der Waals surface area (Å²) in [7, 11) is 2.07. The normalized spacial score (nSPS) is 30.1. The van der Waals surface area contributed by atoms with Crippen LogP contribution in [-0.4, -0.2) is 50.1 Å². The fraction of sp³-hybridized carbons (Fsp3) is 0.889. The van der Waals surface area contributed by atoms with Gasteiger partial charge in [0.15, 0.2) is 0 Å². The van der Waals surface area contributed by atoms with Gasteiger partial charge in [0.2, 0.25) is 5.91 Å². The van der Waals surface area contributed by atoms with Gasteiger partial charge in [0.25, 0.3) is 0 Å². The van der Waals surface area contributed by atoms with Gasteiger partial charge in [0.05, 0.1) is 12.0 Å². The number of carbonyl (C=O) groups excluding carboxylic acids is 1. The molecule has 2 aliphatic heterocycles. The van der Waals surface area contributed by atoms with Crippen LogP contribution in [0.25, 0.3) is 0 Å². The Morgan fingerprint density at radius 1 is 1.54 bits per heavy atom. The molecule has 1 unspecified atom stereocenters. The lowest BCUT2D eigenvalue weighted by molar-refractivity contribution is -0.125. The molecule has 0 bridgehead atoms. The van der Waals surface area contributed by atoms with Gasteiger partial charge in [0, 0.05) is 19.6 Å². The van der Waals surface area contributed by atoms with Gasteiger partial charge in [-0.2, -0.15) is 0 Å². The molecule has 0 aliphatic carbocycles. The van der Waals surface area contributed by atoms with E-state index in [2.05, 4.69) is 22.6 Å². The van der Waals surface area contributed by atoms with Crippen LogP contribution in [0.3, 0.4) is 0 Å². The quantitative estimate of drug-likeness (QED) is 0.579. The smallest absolute Gasteiger partial charge is 0.224 e. The van der Waals surface area contributed by atoms with E-state index in [9.17, 15) is 4.79 Å². The molecule has 0 aromatic heterocycles. The molecule has 2 fully saturated rings. The molecule has 0 saturated carbocycles. The monoisotopic (exact) mass is 183 g/mol. The zero-order chi connectivity index (χ0) is 9.26. The zero-order valence-electron chi connectivity index (χ0n) is 8.05. The Balaban J connectivity index is 1.76. The van der Waals surface area contributed by atoms with Crippen LogP contribution >= 0.6 is 0 Å². The van der Waals surface area contributed by atoms with Crippen molar-refractivity contribution in [2.45, 2.75) is 12.5 Å². The average Bonchev–Trinajstić information content (AvgIpc) is 2.44. The van der Waals surface area contributed by atoms with Gasteiger partial charge in [-0.05, 0) is 20.0 Å². The maximum absolute atomic E-state index is 11.6. The Bertz CT molecular complexity index is 203. The molecule has 2 saturated heterocycles. The minimum atomic E-state index is 0.227. The highest BCUT2D eigenvalue weighted by atomic mass is 16.2. The third kappa shape index (κ3) is 2.00. The van der Waals surface area contributed by atoms with Crippen molar-refractivity contribution in [3.8, 4) is 0 Å². The Hall–Kier alpha value is -0.610. The highest BCUT2D eigenvalue weighted by molar-refractivity contribution is 5.79. The Kier molecular flexibility index (Phi) is 2.51. The molecule has 0 aromatic carbocycles. The number of nitrogens with one attached hydrogen (secondary N) is 2. The summed E-state index contributed by atoms with van der Waals surface area (Å²) in [5.41, 5.74) is 0. The number of hydrogen-bond acceptors (Lipinski definition) is 3. The van der Waals surface area contributed by atoms with Crippen LogP contribution in [0.2, 0.25) is 0 Å². The highest BCUT2D eigenvalue weighted by Gasteiger charge is 2.28. The van der Waals surface area contributed by atoms with Crippen molar-refractivity contribution < 1.29 is 4.79 Å². The molecule has 74 valence electrons. The average molecular weight is 183 g/mol. The van der Waals surface area contributed by atoms with E-state index in [4.69, 9.17) is 0 Å². The largest absolute Gasteiger partial charge is 0.351 e. The number of nitrogens with zero attached hydrogens (tertiary/aromatic N) is 1. The Morgan fingerprint density at radius 2 is 2.31 bits per heavy atom. The van der Waals surface area contributed by atoms with Crippen molar-refractivity contribution in [2.24, 2.45) is 5.92 Å². The SMILES string of the molecule is CN1CCC(C(=O)NC2CNC2)C1. The molecule has 0 radical (unpaired) electrons. The van der Waals surface area contributed by atoms with Crippen LogP contribution in [-0.2, 0) is 4.79 Å². The lowest BCUT2D eigenvalue weighted by Crippen LogP contribution is -2.58. The van der Waals surface area contributed by atoms with E-state index in [1.165, 1.54) is 0 Å². The fourth-order valence-electron chi connectivity index (χ4n) is 1.86. The van der Waals surface area contributed by atoms with E-state index in [0.717, 1.165) is 32.6 Å². The molecule has 2 heterocycles. The predicted molar refractivity (Wildman–Crippen MR) is 50.4 cm³/mol. The van der Waals surface area contributed by atoms with Crippen LogP contribution in [0.1, 0.15) is 6.42 Å². The van der Waals surface area contributed by atoms with E-state index < -0.39 is 0 Å². The van der Waals surface area contributed by atoms with Crippen LogP contribution in [0.4, 0.5) is 0 Å². The van der Waals surface area contributed by atoms with Gasteiger partial charge in [-0.3, -0.25) is 4.79 Å². The third-order valence-corrected chi connectivity index (χ3v) is 2.89. The van der Waals surface area contributed by atoms with Gasteiger partial charge in [-0.15, -0.1) is 0 Å². The van der Waals surface area contributed by atoms with Gasteiger partial charge in [-0.1, -0.05) is 0 Å². The van der Waals surface area contributed by atoms with E-state index in [0.29, 0.717) is 6.04 Å². The highest BCUT2D eigenvalue weighted by Crippen LogP contribution is 2.14. The number of likely N-dealkylation sites (tertiary alicyclic amines) is 1. The first-order valence-electron chi connectivity index (χ1n) is 4.95.